The number of rotatable bonds is 5. The molecule has 5 fully saturated rings. The van der Waals surface area contributed by atoms with E-state index in [-0.39, 0.29) is 31.1 Å². The Morgan fingerprint density at radius 3 is 2.40 bits per heavy atom. The first-order valence-electron chi connectivity index (χ1n) is 15.2. The molecule has 0 bridgehead atoms. The molecule has 5 N–H and O–H groups in total. The summed E-state index contributed by atoms with van der Waals surface area (Å²) in [5, 5.41) is 57.0. The molecule has 0 amide bonds. The smallest absolute Gasteiger partial charge is 0.335 e. The highest BCUT2D eigenvalue weighted by atomic mass is 16.7. The van der Waals surface area contributed by atoms with Crippen molar-refractivity contribution in [2.45, 2.75) is 125 Å². The number of fused-ring (bicyclic) bond motifs is 5. The quantitative estimate of drug-likeness (QED) is 0.244. The summed E-state index contributed by atoms with van der Waals surface area (Å²) in [7, 11) is 1.40. The molecule has 4 aliphatic carbocycles. The number of methoxy groups -OCH3 is 1. The summed E-state index contributed by atoms with van der Waals surface area (Å²) in [4.78, 5) is 24.7. The number of carbonyl (C=O) groups excluding carboxylic acids is 1. The van der Waals surface area contributed by atoms with Gasteiger partial charge in [0.15, 0.2) is 6.29 Å². The summed E-state index contributed by atoms with van der Waals surface area (Å²) in [5.41, 5.74) is -4.30. The maximum Gasteiger partial charge on any atom is 0.335 e. The highest BCUT2D eigenvalue weighted by molar-refractivity contribution is 5.64. The molecule has 1 aliphatic heterocycles. The Labute approximate surface area is 244 Å². The Hall–Kier alpha value is -1.70. The van der Waals surface area contributed by atoms with Crippen molar-refractivity contribution >= 4 is 6.29 Å². The predicted molar refractivity (Wildman–Crippen MR) is 146 cm³/mol. The third-order valence-electron chi connectivity index (χ3n) is 12.2. The van der Waals surface area contributed by atoms with E-state index in [2.05, 4.69) is 0 Å². The third-order valence-corrected chi connectivity index (χ3v) is 12.2. The lowest BCUT2D eigenvalue weighted by atomic mass is 9.41. The van der Waals surface area contributed by atoms with Gasteiger partial charge < -0.3 is 49.0 Å². The minimum absolute atomic E-state index is 0.134. The van der Waals surface area contributed by atoms with Crippen LogP contribution in [0.5, 0.6) is 0 Å². The number of ether oxygens (including phenoxy) is 3. The monoisotopic (exact) mass is 592 g/mol. The van der Waals surface area contributed by atoms with Gasteiger partial charge in [0.2, 0.25) is 0 Å². The Morgan fingerprint density at radius 1 is 1.00 bits per heavy atom. The third kappa shape index (κ3) is 4.15. The molecule has 14 atom stereocenters. The van der Waals surface area contributed by atoms with Gasteiger partial charge in [-0.05, 0) is 68.9 Å². The number of hydrogen-bond donors (Lipinski definition) is 5. The van der Waals surface area contributed by atoms with Crippen LogP contribution < -0.4 is 5.63 Å². The second kappa shape index (κ2) is 10.4. The van der Waals surface area contributed by atoms with Gasteiger partial charge in [0, 0.05) is 37.4 Å². The first kappa shape index (κ1) is 30.3. The molecule has 11 nitrogen and oxygen atoms in total. The van der Waals surface area contributed by atoms with Gasteiger partial charge in [-0.2, -0.15) is 0 Å². The van der Waals surface area contributed by atoms with Gasteiger partial charge in [0.25, 0.3) is 0 Å². The van der Waals surface area contributed by atoms with E-state index in [1.54, 1.807) is 13.0 Å². The zero-order valence-corrected chi connectivity index (χ0v) is 24.4. The standard InChI is InChI=1S/C31H44O11/c1-16-24(35)26(39-3)25(36)27(41-16)42-18-6-10-29(15-32)19-7-9-28(2)23(17-4-5-22(34)40-14-17)21(33)13-31(28,38)20(19)8-11-30(29,37)12-18/h4-5,14-16,18-21,23-27,33,35-38H,6-13H2,1-3H3/t16-,18-,19-,20+,21-,23-,24-,25-,26+,27-,28+,29-,30-,31-/m0/s1. The Balaban J connectivity index is 1.24. The van der Waals surface area contributed by atoms with Crippen LogP contribution in [0.3, 0.4) is 0 Å². The molecule has 11 heteroatoms. The van der Waals surface area contributed by atoms with E-state index in [1.807, 2.05) is 6.92 Å². The highest BCUT2D eigenvalue weighted by Gasteiger charge is 2.73. The first-order chi connectivity index (χ1) is 19.8. The second-order valence-electron chi connectivity index (χ2n) is 13.9. The molecule has 234 valence electrons. The van der Waals surface area contributed by atoms with Crippen LogP contribution in [0.2, 0.25) is 0 Å². The largest absolute Gasteiger partial charge is 0.431 e. The van der Waals surface area contributed by atoms with Crippen molar-refractivity contribution in [1.29, 1.82) is 0 Å². The minimum atomic E-state index is -1.38. The van der Waals surface area contributed by atoms with Crippen LogP contribution in [0.4, 0.5) is 0 Å². The van der Waals surface area contributed by atoms with Crippen LogP contribution in [0.25, 0.3) is 0 Å². The van der Waals surface area contributed by atoms with Crippen molar-refractivity contribution < 1.29 is 49.0 Å². The SMILES string of the molecule is CO[C@H]1[C@H](O)[C@H](O[C@H]2CC[C@]3(C=O)[C@H]4CC[C@]5(C)[C@@H](c6ccc(=O)oc6)[C@@H](O)C[C@]5(O)[C@@H]4CC[C@]3(O)C2)O[C@@H](C)[C@@H]1O. The maximum absolute atomic E-state index is 13.1. The Bertz CT molecular complexity index is 1220. The molecule has 5 aliphatic rings. The molecule has 1 aromatic heterocycles. The number of aliphatic hydroxyl groups is 5. The summed E-state index contributed by atoms with van der Waals surface area (Å²) < 4.78 is 22.3. The van der Waals surface area contributed by atoms with Crippen LogP contribution >= 0.6 is 0 Å². The fourth-order valence-corrected chi connectivity index (χ4v) is 10.0. The second-order valence-corrected chi connectivity index (χ2v) is 13.9. The molecule has 2 heterocycles. The summed E-state index contributed by atoms with van der Waals surface area (Å²) >= 11 is 0. The van der Waals surface area contributed by atoms with E-state index in [1.165, 1.54) is 19.4 Å². The maximum atomic E-state index is 13.1. The van der Waals surface area contributed by atoms with E-state index in [4.69, 9.17) is 18.6 Å². The lowest BCUT2D eigenvalue weighted by molar-refractivity contribution is -0.319. The van der Waals surface area contributed by atoms with E-state index in [0.717, 1.165) is 6.29 Å². The summed E-state index contributed by atoms with van der Waals surface area (Å²) in [5.74, 6) is -1.05. The average molecular weight is 593 g/mol. The van der Waals surface area contributed by atoms with Gasteiger partial charge in [-0.3, -0.25) is 0 Å². The molecule has 0 aromatic carbocycles. The minimum Gasteiger partial charge on any atom is -0.431 e. The average Bonchev–Trinajstić information content (AvgIpc) is 3.16. The zero-order chi connectivity index (χ0) is 30.2. The van der Waals surface area contributed by atoms with Gasteiger partial charge >= 0.3 is 5.63 Å². The van der Waals surface area contributed by atoms with E-state index >= 15 is 0 Å². The summed E-state index contributed by atoms with van der Waals surface area (Å²) in [6.45, 7) is 3.65. The summed E-state index contributed by atoms with van der Waals surface area (Å²) in [6, 6.07) is 2.98. The normalized spacial score (nSPS) is 52.2. The molecule has 4 saturated carbocycles. The molecule has 1 aromatic rings. The number of aldehydes is 1. The number of carbonyl (C=O) groups is 1. The fourth-order valence-electron chi connectivity index (χ4n) is 10.0. The Kier molecular flexibility index (Phi) is 7.54. The molecule has 6 rings (SSSR count). The van der Waals surface area contributed by atoms with Crippen LogP contribution in [0.1, 0.15) is 76.7 Å². The van der Waals surface area contributed by atoms with Gasteiger partial charge in [-0.15, -0.1) is 0 Å². The van der Waals surface area contributed by atoms with Crippen molar-refractivity contribution in [3.63, 3.8) is 0 Å². The van der Waals surface area contributed by atoms with E-state index < -0.39 is 76.5 Å². The fraction of sp³-hybridized carbons (Fsp3) is 0.806. The van der Waals surface area contributed by atoms with Crippen molar-refractivity contribution in [3.05, 3.63) is 34.4 Å². The molecule has 0 spiro atoms. The van der Waals surface area contributed by atoms with Gasteiger partial charge in [0.05, 0.1) is 41.2 Å². The highest BCUT2D eigenvalue weighted by Crippen LogP contribution is 2.71. The first-order valence-corrected chi connectivity index (χ1v) is 15.2. The summed E-state index contributed by atoms with van der Waals surface area (Å²) in [6.07, 6.45) is -0.969. The van der Waals surface area contributed by atoms with Crippen molar-refractivity contribution in [2.75, 3.05) is 7.11 Å². The molecular weight excluding hydrogens is 548 g/mol. The molecule has 42 heavy (non-hydrogen) atoms. The van der Waals surface area contributed by atoms with E-state index in [0.29, 0.717) is 37.7 Å². The van der Waals surface area contributed by atoms with E-state index in [9.17, 15) is 35.1 Å². The number of aliphatic hydroxyl groups excluding tert-OH is 3. The molecular formula is C31H44O11. The molecule has 0 unspecified atom stereocenters. The van der Waals surface area contributed by atoms with Gasteiger partial charge in [-0.1, -0.05) is 6.92 Å². The topological polar surface area (TPSA) is 176 Å². The van der Waals surface area contributed by atoms with Crippen molar-refractivity contribution in [1.82, 2.24) is 0 Å². The van der Waals surface area contributed by atoms with Crippen molar-refractivity contribution in [2.24, 2.45) is 22.7 Å². The lowest BCUT2D eigenvalue weighted by Gasteiger charge is -2.65. The molecule has 1 saturated heterocycles. The van der Waals surface area contributed by atoms with Crippen molar-refractivity contribution in [3.8, 4) is 0 Å². The van der Waals surface area contributed by atoms with Crippen LogP contribution in [-0.4, -0.2) is 93.0 Å². The van der Waals surface area contributed by atoms with Crippen LogP contribution in [0, 0.1) is 22.7 Å². The van der Waals surface area contributed by atoms with Gasteiger partial charge in [0.1, 0.15) is 24.6 Å². The number of hydrogen-bond acceptors (Lipinski definition) is 11. The molecule has 0 radical (unpaired) electrons. The Morgan fingerprint density at radius 2 is 1.74 bits per heavy atom. The van der Waals surface area contributed by atoms with Crippen LogP contribution in [-0.2, 0) is 19.0 Å². The van der Waals surface area contributed by atoms with Crippen LogP contribution in [0.15, 0.2) is 27.6 Å². The lowest BCUT2D eigenvalue weighted by Crippen LogP contribution is -2.69. The van der Waals surface area contributed by atoms with Gasteiger partial charge in [-0.25, -0.2) is 4.79 Å². The predicted octanol–water partition coefficient (Wildman–Crippen LogP) is 1.01. The zero-order valence-electron chi connectivity index (χ0n) is 24.4.